The first-order chi connectivity index (χ1) is 10.9. The molecule has 1 aliphatic carbocycles. The SMILES string of the molecule is C[C@@H]1C[C@H]1C(=O)N1CCC[C@@H](CS(=O)(=O)NCc2ccco2)C1. The Morgan fingerprint density at radius 3 is 2.91 bits per heavy atom. The van der Waals surface area contributed by atoms with Crippen molar-refractivity contribution in [1.82, 2.24) is 9.62 Å². The number of rotatable bonds is 6. The number of carbonyl (C=O) groups excluding carboxylic acids is 1. The van der Waals surface area contributed by atoms with Crippen molar-refractivity contribution in [3.63, 3.8) is 0 Å². The zero-order chi connectivity index (χ0) is 16.4. The molecule has 1 amide bonds. The van der Waals surface area contributed by atoms with Crippen LogP contribution in [0.25, 0.3) is 0 Å². The quantitative estimate of drug-likeness (QED) is 0.853. The van der Waals surface area contributed by atoms with Crippen LogP contribution in [-0.4, -0.2) is 38.1 Å². The van der Waals surface area contributed by atoms with Gasteiger partial charge in [0, 0.05) is 19.0 Å². The summed E-state index contributed by atoms with van der Waals surface area (Å²) >= 11 is 0. The van der Waals surface area contributed by atoms with Crippen LogP contribution in [0.1, 0.15) is 31.9 Å². The summed E-state index contributed by atoms with van der Waals surface area (Å²) in [5, 5.41) is 0. The summed E-state index contributed by atoms with van der Waals surface area (Å²) in [6, 6.07) is 3.47. The van der Waals surface area contributed by atoms with E-state index < -0.39 is 10.0 Å². The topological polar surface area (TPSA) is 79.6 Å². The van der Waals surface area contributed by atoms with E-state index >= 15 is 0 Å². The smallest absolute Gasteiger partial charge is 0.225 e. The standard InChI is InChI=1S/C16H24N2O4S/c1-12-8-15(12)16(19)18-6-2-4-13(10-18)11-23(20,21)17-9-14-5-3-7-22-14/h3,5,7,12-13,15,17H,2,4,6,8-11H2,1H3/t12-,13-,15-/m1/s1. The molecule has 23 heavy (non-hydrogen) atoms. The molecule has 0 unspecified atom stereocenters. The molecule has 128 valence electrons. The molecule has 0 bridgehead atoms. The maximum Gasteiger partial charge on any atom is 0.225 e. The maximum absolute atomic E-state index is 12.3. The molecule has 0 radical (unpaired) electrons. The van der Waals surface area contributed by atoms with Crippen molar-refractivity contribution < 1.29 is 17.6 Å². The van der Waals surface area contributed by atoms with Crippen LogP contribution in [0.2, 0.25) is 0 Å². The van der Waals surface area contributed by atoms with Gasteiger partial charge in [-0.3, -0.25) is 4.79 Å². The Bertz CT molecular complexity index is 641. The average molecular weight is 340 g/mol. The monoisotopic (exact) mass is 340 g/mol. The van der Waals surface area contributed by atoms with Crippen LogP contribution in [0.4, 0.5) is 0 Å². The molecule has 0 aromatic carbocycles. The fourth-order valence-corrected chi connectivity index (χ4v) is 4.64. The van der Waals surface area contributed by atoms with Gasteiger partial charge in [0.15, 0.2) is 0 Å². The fraction of sp³-hybridized carbons (Fsp3) is 0.688. The van der Waals surface area contributed by atoms with Crippen LogP contribution >= 0.6 is 0 Å². The molecule has 1 saturated heterocycles. The lowest BCUT2D eigenvalue weighted by Gasteiger charge is -2.32. The van der Waals surface area contributed by atoms with Crippen LogP contribution in [0.3, 0.4) is 0 Å². The molecule has 1 aromatic rings. The first-order valence-electron chi connectivity index (χ1n) is 8.23. The minimum absolute atomic E-state index is 0.0101. The molecule has 2 fully saturated rings. The van der Waals surface area contributed by atoms with Crippen molar-refractivity contribution in [3.8, 4) is 0 Å². The first-order valence-corrected chi connectivity index (χ1v) is 9.88. The van der Waals surface area contributed by atoms with Crippen molar-refractivity contribution >= 4 is 15.9 Å². The van der Waals surface area contributed by atoms with Crippen LogP contribution in [0.5, 0.6) is 0 Å². The van der Waals surface area contributed by atoms with Gasteiger partial charge >= 0.3 is 0 Å². The summed E-state index contributed by atoms with van der Waals surface area (Å²) in [5.41, 5.74) is 0. The minimum atomic E-state index is -3.37. The van der Waals surface area contributed by atoms with Crippen molar-refractivity contribution in [2.45, 2.75) is 32.7 Å². The van der Waals surface area contributed by atoms with E-state index in [0.717, 1.165) is 25.8 Å². The summed E-state index contributed by atoms with van der Waals surface area (Å²) < 4.78 is 32.1. The van der Waals surface area contributed by atoms with E-state index in [9.17, 15) is 13.2 Å². The lowest BCUT2D eigenvalue weighted by molar-refractivity contribution is -0.134. The summed E-state index contributed by atoms with van der Waals surface area (Å²) in [6.07, 6.45) is 4.23. The number of amides is 1. The van der Waals surface area contributed by atoms with Crippen molar-refractivity contribution in [3.05, 3.63) is 24.2 Å². The molecular formula is C16H24N2O4S. The van der Waals surface area contributed by atoms with Gasteiger partial charge in [-0.25, -0.2) is 13.1 Å². The lowest BCUT2D eigenvalue weighted by Crippen LogP contribution is -2.44. The van der Waals surface area contributed by atoms with Crippen LogP contribution in [0, 0.1) is 17.8 Å². The van der Waals surface area contributed by atoms with Crippen LogP contribution in [0.15, 0.2) is 22.8 Å². The van der Waals surface area contributed by atoms with Gasteiger partial charge in [-0.2, -0.15) is 0 Å². The van der Waals surface area contributed by atoms with Gasteiger partial charge < -0.3 is 9.32 Å². The third kappa shape index (κ3) is 4.35. The van der Waals surface area contributed by atoms with Crippen molar-refractivity contribution in [2.24, 2.45) is 17.8 Å². The predicted molar refractivity (Wildman–Crippen MR) is 85.9 cm³/mol. The van der Waals surface area contributed by atoms with Gasteiger partial charge in [-0.15, -0.1) is 0 Å². The molecule has 1 saturated carbocycles. The van der Waals surface area contributed by atoms with E-state index in [4.69, 9.17) is 4.42 Å². The maximum atomic E-state index is 12.3. The van der Waals surface area contributed by atoms with E-state index in [0.29, 0.717) is 18.2 Å². The fourth-order valence-electron chi connectivity index (χ4n) is 3.27. The third-order valence-electron chi connectivity index (χ3n) is 4.76. The van der Waals surface area contributed by atoms with E-state index in [2.05, 4.69) is 11.6 Å². The summed E-state index contributed by atoms with van der Waals surface area (Å²) in [6.45, 7) is 3.58. The number of carbonyl (C=O) groups is 1. The minimum Gasteiger partial charge on any atom is -0.468 e. The highest BCUT2D eigenvalue weighted by molar-refractivity contribution is 7.89. The molecular weight excluding hydrogens is 316 g/mol. The molecule has 2 aliphatic rings. The zero-order valence-corrected chi connectivity index (χ0v) is 14.2. The van der Waals surface area contributed by atoms with Gasteiger partial charge in [-0.05, 0) is 43.2 Å². The number of furan rings is 1. The summed E-state index contributed by atoms with van der Waals surface area (Å²) in [7, 11) is -3.37. The van der Waals surface area contributed by atoms with Crippen LogP contribution in [-0.2, 0) is 21.4 Å². The summed E-state index contributed by atoms with van der Waals surface area (Å²) in [5.74, 6) is 1.54. The first kappa shape index (κ1) is 16.5. The lowest BCUT2D eigenvalue weighted by atomic mass is 9.99. The highest BCUT2D eigenvalue weighted by Gasteiger charge is 2.42. The van der Waals surface area contributed by atoms with E-state index in [-0.39, 0.29) is 30.0 Å². The number of hydrogen-bond acceptors (Lipinski definition) is 4. The Hall–Kier alpha value is -1.34. The molecule has 0 spiro atoms. The second-order valence-corrected chi connectivity index (χ2v) is 8.65. The highest BCUT2D eigenvalue weighted by Crippen LogP contribution is 2.39. The van der Waals surface area contributed by atoms with E-state index in [1.54, 1.807) is 12.1 Å². The molecule has 3 rings (SSSR count). The number of sulfonamides is 1. The van der Waals surface area contributed by atoms with Gasteiger partial charge in [0.05, 0.1) is 18.6 Å². The van der Waals surface area contributed by atoms with E-state index in [1.165, 1.54) is 6.26 Å². The molecule has 2 heterocycles. The number of nitrogens with one attached hydrogen (secondary N) is 1. The van der Waals surface area contributed by atoms with E-state index in [1.807, 2.05) is 4.90 Å². The normalized spacial score (nSPS) is 27.9. The number of piperidine rings is 1. The molecule has 3 atom stereocenters. The van der Waals surface area contributed by atoms with Crippen LogP contribution < -0.4 is 4.72 Å². The largest absolute Gasteiger partial charge is 0.468 e. The van der Waals surface area contributed by atoms with Crippen molar-refractivity contribution in [1.29, 1.82) is 0 Å². The summed E-state index contributed by atoms with van der Waals surface area (Å²) in [4.78, 5) is 14.2. The van der Waals surface area contributed by atoms with Gasteiger partial charge in [-0.1, -0.05) is 6.92 Å². The molecule has 7 heteroatoms. The Kier molecular flexibility index (Phi) is 4.77. The second kappa shape index (κ2) is 6.65. The number of nitrogens with zero attached hydrogens (tertiary/aromatic N) is 1. The van der Waals surface area contributed by atoms with Gasteiger partial charge in [0.1, 0.15) is 5.76 Å². The number of likely N-dealkylation sites (tertiary alicyclic amines) is 1. The Balaban J connectivity index is 1.51. The van der Waals surface area contributed by atoms with Gasteiger partial charge in [0.25, 0.3) is 0 Å². The third-order valence-corrected chi connectivity index (χ3v) is 6.25. The Morgan fingerprint density at radius 2 is 2.26 bits per heavy atom. The average Bonchev–Trinajstić information content (AvgIpc) is 3.01. The molecule has 1 aliphatic heterocycles. The predicted octanol–water partition coefficient (Wildman–Crippen LogP) is 1.59. The molecule has 1 aromatic heterocycles. The molecule has 6 nitrogen and oxygen atoms in total. The Morgan fingerprint density at radius 1 is 1.48 bits per heavy atom. The van der Waals surface area contributed by atoms with Gasteiger partial charge in [0.2, 0.25) is 15.9 Å². The molecule has 1 N–H and O–H groups in total. The zero-order valence-electron chi connectivity index (χ0n) is 13.4. The van der Waals surface area contributed by atoms with Crippen molar-refractivity contribution in [2.75, 3.05) is 18.8 Å². The second-order valence-electron chi connectivity index (χ2n) is 6.79. The number of hydrogen-bond donors (Lipinski definition) is 1. The highest BCUT2D eigenvalue weighted by atomic mass is 32.2. The Labute approximate surface area is 137 Å².